The van der Waals surface area contributed by atoms with E-state index in [1.54, 1.807) is 29.2 Å². The average molecular weight is 420 g/mol. The summed E-state index contributed by atoms with van der Waals surface area (Å²) >= 11 is 5.60. The molecular formula is C21H26ClN3O4. The minimum absolute atomic E-state index is 0.0105. The number of carbonyl (C=O) groups excluding carboxylic acids is 4. The van der Waals surface area contributed by atoms with Crippen molar-refractivity contribution in [3.63, 3.8) is 0 Å². The topological polar surface area (TPSA) is 86.8 Å². The van der Waals surface area contributed by atoms with Crippen molar-refractivity contribution >= 4 is 35.2 Å². The molecule has 29 heavy (non-hydrogen) atoms. The highest BCUT2D eigenvalue weighted by molar-refractivity contribution is 6.21. The molecule has 0 spiro atoms. The molecule has 156 valence electrons. The maximum atomic E-state index is 12.5. The molecule has 0 aliphatic carbocycles. The van der Waals surface area contributed by atoms with E-state index >= 15 is 0 Å². The molecule has 2 aliphatic heterocycles. The SMILES string of the molecule is O=C(CCCCl)NC1CCN(C(=O)CCCN2C(=O)c3ccccc3C2=O)CC1. The molecule has 0 radical (unpaired) electrons. The van der Waals surface area contributed by atoms with Crippen molar-refractivity contribution in [3.05, 3.63) is 35.4 Å². The smallest absolute Gasteiger partial charge is 0.261 e. The summed E-state index contributed by atoms with van der Waals surface area (Å²) in [4.78, 5) is 51.9. The lowest BCUT2D eigenvalue weighted by atomic mass is 10.0. The summed E-state index contributed by atoms with van der Waals surface area (Å²) < 4.78 is 0. The summed E-state index contributed by atoms with van der Waals surface area (Å²) in [5.74, 6) is -0.0707. The highest BCUT2D eigenvalue weighted by Gasteiger charge is 2.34. The van der Waals surface area contributed by atoms with E-state index in [1.807, 2.05) is 0 Å². The Labute approximate surface area is 175 Å². The van der Waals surface area contributed by atoms with Gasteiger partial charge in [-0.05, 0) is 37.8 Å². The van der Waals surface area contributed by atoms with Gasteiger partial charge in [-0.15, -0.1) is 11.6 Å². The van der Waals surface area contributed by atoms with Gasteiger partial charge >= 0.3 is 0 Å². The van der Waals surface area contributed by atoms with Crippen molar-refractivity contribution in [1.82, 2.24) is 15.1 Å². The highest BCUT2D eigenvalue weighted by Crippen LogP contribution is 2.23. The molecule has 7 nitrogen and oxygen atoms in total. The zero-order valence-electron chi connectivity index (χ0n) is 16.4. The van der Waals surface area contributed by atoms with E-state index in [9.17, 15) is 19.2 Å². The fourth-order valence-electron chi connectivity index (χ4n) is 3.79. The number of nitrogens with one attached hydrogen (secondary N) is 1. The Hall–Kier alpha value is -2.41. The van der Waals surface area contributed by atoms with Gasteiger partial charge in [-0.1, -0.05) is 12.1 Å². The van der Waals surface area contributed by atoms with E-state index in [0.717, 1.165) is 12.8 Å². The molecule has 0 atom stereocenters. The number of hydrogen-bond donors (Lipinski definition) is 1. The first-order valence-electron chi connectivity index (χ1n) is 10.1. The first-order valence-corrected chi connectivity index (χ1v) is 10.6. The van der Waals surface area contributed by atoms with Crippen molar-refractivity contribution in [3.8, 4) is 0 Å². The van der Waals surface area contributed by atoms with Crippen LogP contribution < -0.4 is 5.32 Å². The van der Waals surface area contributed by atoms with Gasteiger partial charge in [0.25, 0.3) is 11.8 Å². The lowest BCUT2D eigenvalue weighted by Gasteiger charge is -2.32. The molecule has 1 saturated heterocycles. The maximum absolute atomic E-state index is 12.5. The molecular weight excluding hydrogens is 394 g/mol. The number of imide groups is 1. The summed E-state index contributed by atoms with van der Waals surface area (Å²) in [5, 5.41) is 2.99. The second-order valence-electron chi connectivity index (χ2n) is 7.43. The summed E-state index contributed by atoms with van der Waals surface area (Å²) in [6, 6.07) is 6.88. The molecule has 3 rings (SSSR count). The van der Waals surface area contributed by atoms with Crippen LogP contribution in [0.1, 0.15) is 59.2 Å². The Morgan fingerprint density at radius 2 is 1.62 bits per heavy atom. The summed E-state index contributed by atoms with van der Waals surface area (Å²) in [5.41, 5.74) is 0.859. The van der Waals surface area contributed by atoms with Crippen LogP contribution in [-0.2, 0) is 9.59 Å². The molecule has 1 aromatic carbocycles. The molecule has 1 aromatic rings. The largest absolute Gasteiger partial charge is 0.353 e. The molecule has 1 fully saturated rings. The standard InChI is InChI=1S/C21H26ClN3O4/c22-11-3-7-18(26)23-15-9-13-24(14-10-15)19(27)8-4-12-25-20(28)16-5-1-2-6-17(16)21(25)29/h1-2,5-6,15H,3-4,7-14H2,(H,23,26). The number of likely N-dealkylation sites (tertiary alicyclic amines) is 1. The third-order valence-electron chi connectivity index (χ3n) is 5.40. The minimum Gasteiger partial charge on any atom is -0.353 e. The highest BCUT2D eigenvalue weighted by atomic mass is 35.5. The predicted molar refractivity (Wildman–Crippen MR) is 109 cm³/mol. The van der Waals surface area contributed by atoms with Crippen LogP contribution in [0.5, 0.6) is 0 Å². The zero-order chi connectivity index (χ0) is 20.8. The van der Waals surface area contributed by atoms with Gasteiger partial charge in [0.15, 0.2) is 0 Å². The predicted octanol–water partition coefficient (Wildman–Crippen LogP) is 2.19. The molecule has 8 heteroatoms. The lowest BCUT2D eigenvalue weighted by molar-refractivity contribution is -0.132. The van der Waals surface area contributed by atoms with E-state index in [4.69, 9.17) is 11.6 Å². The van der Waals surface area contributed by atoms with Gasteiger partial charge in [0.05, 0.1) is 11.1 Å². The van der Waals surface area contributed by atoms with Crippen molar-refractivity contribution < 1.29 is 19.2 Å². The van der Waals surface area contributed by atoms with Gasteiger partial charge in [0.1, 0.15) is 0 Å². The normalized spacial score (nSPS) is 16.9. The van der Waals surface area contributed by atoms with E-state index in [2.05, 4.69) is 5.32 Å². The Balaban J connectivity index is 1.38. The third kappa shape index (κ3) is 5.15. The van der Waals surface area contributed by atoms with Gasteiger partial charge in [0.2, 0.25) is 11.8 Å². The molecule has 0 unspecified atom stereocenters. The number of hydrogen-bond acceptors (Lipinski definition) is 4. The van der Waals surface area contributed by atoms with E-state index in [1.165, 1.54) is 4.90 Å². The molecule has 1 N–H and O–H groups in total. The van der Waals surface area contributed by atoms with Crippen LogP contribution in [0.15, 0.2) is 24.3 Å². The summed E-state index contributed by atoms with van der Waals surface area (Å²) in [7, 11) is 0. The lowest BCUT2D eigenvalue weighted by Crippen LogP contribution is -2.46. The van der Waals surface area contributed by atoms with Gasteiger partial charge in [-0.25, -0.2) is 0 Å². The molecule has 4 amide bonds. The number of piperidine rings is 1. The first-order chi connectivity index (χ1) is 14.0. The average Bonchev–Trinajstić information content (AvgIpc) is 2.98. The van der Waals surface area contributed by atoms with Crippen molar-refractivity contribution in [1.29, 1.82) is 0 Å². The van der Waals surface area contributed by atoms with Crippen LogP contribution in [0.3, 0.4) is 0 Å². The van der Waals surface area contributed by atoms with E-state index < -0.39 is 0 Å². The number of nitrogens with zero attached hydrogens (tertiary/aromatic N) is 2. The molecule has 0 saturated carbocycles. The van der Waals surface area contributed by atoms with Crippen molar-refractivity contribution in [2.24, 2.45) is 0 Å². The Bertz CT molecular complexity index is 755. The van der Waals surface area contributed by atoms with Crippen molar-refractivity contribution in [2.45, 2.75) is 44.6 Å². The third-order valence-corrected chi connectivity index (χ3v) is 5.67. The van der Waals surface area contributed by atoms with Gasteiger partial charge in [0, 0.05) is 44.4 Å². The number of halogens is 1. The zero-order valence-corrected chi connectivity index (χ0v) is 17.1. The molecule has 2 aliphatic rings. The molecule has 0 aromatic heterocycles. The van der Waals surface area contributed by atoms with Crippen molar-refractivity contribution in [2.75, 3.05) is 25.5 Å². The number of amides is 4. The number of benzene rings is 1. The maximum Gasteiger partial charge on any atom is 0.261 e. The van der Waals surface area contributed by atoms with Crippen LogP contribution in [0, 0.1) is 0 Å². The second kappa shape index (κ2) is 9.87. The number of rotatable bonds is 8. The van der Waals surface area contributed by atoms with Gasteiger partial charge in [-0.2, -0.15) is 0 Å². The Morgan fingerprint density at radius 3 is 2.21 bits per heavy atom. The second-order valence-corrected chi connectivity index (χ2v) is 7.80. The fraction of sp³-hybridized carbons (Fsp3) is 0.524. The quantitative estimate of drug-likeness (QED) is 0.517. The number of carbonyl (C=O) groups is 4. The van der Waals surface area contributed by atoms with Gasteiger partial charge < -0.3 is 10.2 Å². The Kier molecular flexibility index (Phi) is 7.25. The number of fused-ring (bicyclic) bond motifs is 1. The van der Waals surface area contributed by atoms with Crippen LogP contribution in [0.2, 0.25) is 0 Å². The monoisotopic (exact) mass is 419 g/mol. The number of alkyl halides is 1. The first kappa shape index (κ1) is 21.3. The summed E-state index contributed by atoms with van der Waals surface area (Å²) in [6.45, 7) is 1.45. The van der Waals surface area contributed by atoms with E-state index in [0.29, 0.717) is 55.8 Å². The molecule has 2 heterocycles. The minimum atomic E-state index is -0.288. The van der Waals surface area contributed by atoms with E-state index in [-0.39, 0.29) is 36.2 Å². The van der Waals surface area contributed by atoms with Crippen LogP contribution in [-0.4, -0.2) is 65.0 Å². The summed E-state index contributed by atoms with van der Waals surface area (Å²) in [6.07, 6.45) is 3.30. The fourth-order valence-corrected chi connectivity index (χ4v) is 3.92. The Morgan fingerprint density at radius 1 is 1.00 bits per heavy atom. The van der Waals surface area contributed by atoms with Gasteiger partial charge in [-0.3, -0.25) is 24.1 Å². The van der Waals surface area contributed by atoms with Crippen LogP contribution in [0.25, 0.3) is 0 Å². The molecule has 0 bridgehead atoms. The van der Waals surface area contributed by atoms with Crippen LogP contribution >= 0.6 is 11.6 Å². The van der Waals surface area contributed by atoms with Crippen LogP contribution in [0.4, 0.5) is 0 Å².